The van der Waals surface area contributed by atoms with Crippen LogP contribution in [0.1, 0.15) is 46.5 Å². The predicted molar refractivity (Wildman–Crippen MR) is 68.1 cm³/mol. The smallest absolute Gasteiger partial charge is 0.0594 e. The molecule has 0 radical (unpaired) electrons. The maximum atomic E-state index is 10.2. The van der Waals surface area contributed by atoms with Crippen molar-refractivity contribution in [3.8, 4) is 0 Å². The minimum absolute atomic E-state index is 0.0106. The normalized spacial score (nSPS) is 43.0. The van der Waals surface area contributed by atoms with Gasteiger partial charge in [-0.2, -0.15) is 0 Å². The molecule has 0 bridgehead atoms. The summed E-state index contributed by atoms with van der Waals surface area (Å²) in [5.74, 6) is 0.543. The molecule has 0 saturated heterocycles. The van der Waals surface area contributed by atoms with Gasteiger partial charge in [0.15, 0.2) is 0 Å². The monoisotopic (exact) mass is 220 g/mol. The molecule has 16 heavy (non-hydrogen) atoms. The molecule has 0 aromatic carbocycles. The summed E-state index contributed by atoms with van der Waals surface area (Å²) in [6, 6.07) is 0. The average molecular weight is 220 g/mol. The van der Waals surface area contributed by atoms with Crippen LogP contribution in [-0.2, 0) is 0 Å². The summed E-state index contributed by atoms with van der Waals surface area (Å²) in [5.41, 5.74) is 2.64. The van der Waals surface area contributed by atoms with E-state index in [0.29, 0.717) is 5.92 Å². The van der Waals surface area contributed by atoms with E-state index in [9.17, 15) is 5.11 Å². The fourth-order valence-electron chi connectivity index (χ4n) is 3.96. The lowest BCUT2D eigenvalue weighted by Crippen LogP contribution is -2.52. The molecule has 3 unspecified atom stereocenters. The van der Waals surface area contributed by atoms with Crippen molar-refractivity contribution in [2.75, 3.05) is 0 Å². The molecule has 0 heterocycles. The van der Waals surface area contributed by atoms with Crippen molar-refractivity contribution in [3.05, 3.63) is 24.3 Å². The van der Waals surface area contributed by atoms with E-state index in [0.717, 1.165) is 25.7 Å². The Labute approximate surface area is 99.3 Å². The highest BCUT2D eigenvalue weighted by atomic mass is 16.3. The molecule has 0 aromatic heterocycles. The highest BCUT2D eigenvalue weighted by Crippen LogP contribution is 2.60. The first kappa shape index (κ1) is 11.9. The summed E-state index contributed by atoms with van der Waals surface area (Å²) in [6.45, 7) is 15.1. The summed E-state index contributed by atoms with van der Waals surface area (Å²) in [6.07, 6.45) is 3.99. The zero-order chi connectivity index (χ0) is 12.1. The van der Waals surface area contributed by atoms with Crippen molar-refractivity contribution < 1.29 is 5.11 Å². The number of fused-ring (bicyclic) bond motifs is 1. The van der Waals surface area contributed by atoms with Crippen LogP contribution in [0.15, 0.2) is 24.3 Å². The maximum absolute atomic E-state index is 10.2. The van der Waals surface area contributed by atoms with Gasteiger partial charge >= 0.3 is 0 Å². The van der Waals surface area contributed by atoms with E-state index in [1.165, 1.54) is 11.1 Å². The average Bonchev–Trinajstić information content (AvgIpc) is 2.21. The third-order valence-electron chi connectivity index (χ3n) is 5.31. The van der Waals surface area contributed by atoms with Crippen molar-refractivity contribution in [3.63, 3.8) is 0 Å². The van der Waals surface area contributed by atoms with Crippen LogP contribution in [0.25, 0.3) is 0 Å². The molecule has 0 spiro atoms. The second kappa shape index (κ2) is 3.46. The SMILES string of the molecule is C=C1CCC2C(C)(CCC(O)C2(C)C)C1=C. The summed E-state index contributed by atoms with van der Waals surface area (Å²) >= 11 is 0. The van der Waals surface area contributed by atoms with E-state index in [2.05, 4.69) is 33.9 Å². The summed E-state index contributed by atoms with van der Waals surface area (Å²) in [5, 5.41) is 10.2. The maximum Gasteiger partial charge on any atom is 0.0594 e. The van der Waals surface area contributed by atoms with Gasteiger partial charge in [-0.3, -0.25) is 0 Å². The topological polar surface area (TPSA) is 20.2 Å². The van der Waals surface area contributed by atoms with Crippen molar-refractivity contribution in [1.82, 2.24) is 0 Å². The quantitative estimate of drug-likeness (QED) is 0.660. The fourth-order valence-corrected chi connectivity index (χ4v) is 3.96. The Morgan fingerprint density at radius 1 is 1.19 bits per heavy atom. The lowest BCUT2D eigenvalue weighted by atomic mass is 9.49. The number of allylic oxidation sites excluding steroid dienone is 2. The van der Waals surface area contributed by atoms with Crippen LogP contribution < -0.4 is 0 Å². The van der Waals surface area contributed by atoms with E-state index in [-0.39, 0.29) is 16.9 Å². The van der Waals surface area contributed by atoms with Crippen molar-refractivity contribution in [2.24, 2.45) is 16.7 Å². The van der Waals surface area contributed by atoms with Gasteiger partial charge in [-0.25, -0.2) is 0 Å². The van der Waals surface area contributed by atoms with Crippen LogP contribution in [-0.4, -0.2) is 11.2 Å². The van der Waals surface area contributed by atoms with Gasteiger partial charge in [-0.05, 0) is 48.0 Å². The van der Waals surface area contributed by atoms with Gasteiger partial charge in [-0.1, -0.05) is 39.5 Å². The number of aliphatic hydroxyl groups excluding tert-OH is 1. The molecule has 1 heteroatoms. The van der Waals surface area contributed by atoms with Crippen LogP contribution >= 0.6 is 0 Å². The van der Waals surface area contributed by atoms with Crippen LogP contribution in [0.4, 0.5) is 0 Å². The molecule has 1 N–H and O–H groups in total. The van der Waals surface area contributed by atoms with Gasteiger partial charge in [-0.15, -0.1) is 0 Å². The van der Waals surface area contributed by atoms with E-state index >= 15 is 0 Å². The van der Waals surface area contributed by atoms with E-state index in [1.54, 1.807) is 0 Å². The first-order chi connectivity index (χ1) is 7.30. The largest absolute Gasteiger partial charge is 0.393 e. The molecular formula is C15H24O. The van der Waals surface area contributed by atoms with Gasteiger partial charge in [0.1, 0.15) is 0 Å². The molecule has 2 saturated carbocycles. The standard InChI is InChI=1S/C15H24O/c1-10-6-7-12-14(3,4)13(16)8-9-15(12,5)11(10)2/h12-13,16H,1-2,6-9H2,3-5H3. The third kappa shape index (κ3) is 1.41. The minimum atomic E-state index is -0.162. The Balaban J connectivity index is 2.40. The molecule has 3 atom stereocenters. The zero-order valence-corrected chi connectivity index (χ0v) is 10.8. The van der Waals surface area contributed by atoms with Crippen LogP contribution in [0.3, 0.4) is 0 Å². The van der Waals surface area contributed by atoms with Crippen LogP contribution in [0, 0.1) is 16.7 Å². The van der Waals surface area contributed by atoms with Gasteiger partial charge in [0.25, 0.3) is 0 Å². The van der Waals surface area contributed by atoms with E-state index < -0.39 is 0 Å². The Kier molecular flexibility index (Phi) is 2.58. The minimum Gasteiger partial charge on any atom is -0.393 e. The van der Waals surface area contributed by atoms with Gasteiger partial charge < -0.3 is 5.11 Å². The number of hydrogen-bond donors (Lipinski definition) is 1. The van der Waals surface area contributed by atoms with E-state index in [1.807, 2.05) is 0 Å². The van der Waals surface area contributed by atoms with Gasteiger partial charge in [0.2, 0.25) is 0 Å². The molecule has 0 amide bonds. The molecule has 2 aliphatic carbocycles. The van der Waals surface area contributed by atoms with Crippen molar-refractivity contribution in [2.45, 2.75) is 52.6 Å². The van der Waals surface area contributed by atoms with Gasteiger partial charge in [0.05, 0.1) is 6.10 Å². The number of hydrogen-bond acceptors (Lipinski definition) is 1. The highest BCUT2D eigenvalue weighted by molar-refractivity contribution is 5.36. The number of rotatable bonds is 0. The van der Waals surface area contributed by atoms with Crippen LogP contribution in [0.2, 0.25) is 0 Å². The fraction of sp³-hybridized carbons (Fsp3) is 0.733. The summed E-state index contributed by atoms with van der Waals surface area (Å²) < 4.78 is 0. The molecule has 1 nitrogen and oxygen atoms in total. The van der Waals surface area contributed by atoms with E-state index in [4.69, 9.17) is 0 Å². The highest BCUT2D eigenvalue weighted by Gasteiger charge is 2.53. The van der Waals surface area contributed by atoms with Crippen molar-refractivity contribution >= 4 is 0 Å². The molecule has 2 fully saturated rings. The van der Waals surface area contributed by atoms with Crippen molar-refractivity contribution in [1.29, 1.82) is 0 Å². The Hall–Kier alpha value is -0.560. The lowest BCUT2D eigenvalue weighted by Gasteiger charge is -2.56. The van der Waals surface area contributed by atoms with Crippen LogP contribution in [0.5, 0.6) is 0 Å². The first-order valence-electron chi connectivity index (χ1n) is 6.35. The second-order valence-electron chi connectivity index (χ2n) is 6.47. The number of aliphatic hydroxyl groups is 1. The zero-order valence-electron chi connectivity index (χ0n) is 10.8. The molecule has 90 valence electrons. The summed E-state index contributed by atoms with van der Waals surface area (Å²) in [4.78, 5) is 0. The third-order valence-corrected chi connectivity index (χ3v) is 5.31. The van der Waals surface area contributed by atoms with Gasteiger partial charge in [0, 0.05) is 0 Å². The second-order valence-corrected chi connectivity index (χ2v) is 6.47. The molecule has 2 aliphatic rings. The lowest BCUT2D eigenvalue weighted by molar-refractivity contribution is -0.0880. The Bertz CT molecular complexity index is 339. The Morgan fingerprint density at radius 2 is 1.81 bits per heavy atom. The first-order valence-corrected chi connectivity index (χ1v) is 6.35. The molecule has 0 aliphatic heterocycles. The Morgan fingerprint density at radius 3 is 2.44 bits per heavy atom. The molecule has 2 rings (SSSR count). The summed E-state index contributed by atoms with van der Waals surface area (Å²) in [7, 11) is 0. The molecule has 0 aromatic rings. The predicted octanol–water partition coefficient (Wildman–Crippen LogP) is 3.70. The molecular weight excluding hydrogens is 196 g/mol.